The number of para-hydroxylation sites is 1. The van der Waals surface area contributed by atoms with Gasteiger partial charge in [-0.2, -0.15) is 0 Å². The van der Waals surface area contributed by atoms with Crippen molar-refractivity contribution in [2.75, 3.05) is 0 Å². The summed E-state index contributed by atoms with van der Waals surface area (Å²) in [6.07, 6.45) is 0. The molecule has 0 aliphatic carbocycles. The minimum atomic E-state index is -5.53. The van der Waals surface area contributed by atoms with Gasteiger partial charge in [-0.1, -0.05) is 158 Å². The van der Waals surface area contributed by atoms with Gasteiger partial charge < -0.3 is 4.42 Å². The first-order valence-corrected chi connectivity index (χ1v) is 18.1. The van der Waals surface area contributed by atoms with E-state index in [9.17, 15) is 11.7 Å². The molecule has 0 bridgehead atoms. The molecule has 0 saturated carbocycles. The minimum Gasteiger partial charge on any atom is -0.455 e. The van der Waals surface area contributed by atoms with Gasteiger partial charge in [0.1, 0.15) is 11.2 Å². The van der Waals surface area contributed by atoms with E-state index in [1.807, 2.05) is 42.5 Å². The van der Waals surface area contributed by atoms with E-state index in [-0.39, 0.29) is 10.8 Å². The van der Waals surface area contributed by atoms with Gasteiger partial charge >= 0.3 is 0 Å². The molecule has 0 aliphatic rings. The second kappa shape index (κ2) is 11.2. The Balaban J connectivity index is 1.32. The molecular weight excluding hydrogens is 658 g/mol. The molecule has 0 radical (unpaired) electrons. The fourth-order valence-electron chi connectivity index (χ4n) is 8.22. The molecule has 0 unspecified atom stereocenters. The highest BCUT2D eigenvalue weighted by molar-refractivity contribution is 8.21. The van der Waals surface area contributed by atoms with Crippen molar-refractivity contribution in [3.05, 3.63) is 164 Å². The van der Waals surface area contributed by atoms with Gasteiger partial charge in [0.25, 0.3) is 0 Å². The van der Waals surface area contributed by atoms with Crippen LogP contribution >= 0.6 is 11.2 Å². The Morgan fingerprint density at radius 2 is 0.765 bits per heavy atom. The first kappa shape index (κ1) is 29.8. The maximum Gasteiger partial charge on any atom is 0.238 e. The van der Waals surface area contributed by atoms with Gasteiger partial charge in [-0.15, -0.1) is 11.7 Å². The van der Waals surface area contributed by atoms with E-state index in [2.05, 4.69) is 84.9 Å². The SMILES string of the molecule is FS(F)(F)c1c2ccccc2c(-c2cccc3c2oc2cccc(-c4c5ccccc5c(-c5ccccc5)c5ccccc45)c23)c2ccccc12. The summed E-state index contributed by atoms with van der Waals surface area (Å²) < 4.78 is 51.2. The van der Waals surface area contributed by atoms with Crippen molar-refractivity contribution in [2.45, 2.75) is 4.90 Å². The monoisotopic (exact) mass is 684 g/mol. The predicted molar refractivity (Wildman–Crippen MR) is 209 cm³/mol. The van der Waals surface area contributed by atoms with Crippen LogP contribution in [0.25, 0.3) is 98.4 Å². The van der Waals surface area contributed by atoms with Gasteiger partial charge in [0.2, 0.25) is 11.2 Å². The van der Waals surface area contributed by atoms with Gasteiger partial charge in [0, 0.05) is 32.7 Å². The van der Waals surface area contributed by atoms with Gasteiger partial charge in [-0.05, 0) is 60.6 Å². The van der Waals surface area contributed by atoms with Crippen molar-refractivity contribution in [1.29, 1.82) is 0 Å². The first-order chi connectivity index (χ1) is 25.0. The summed E-state index contributed by atoms with van der Waals surface area (Å²) >= 11 is -5.53. The summed E-state index contributed by atoms with van der Waals surface area (Å²) in [6.45, 7) is 0. The molecule has 5 heteroatoms. The van der Waals surface area contributed by atoms with Gasteiger partial charge in [-0.25, -0.2) is 0 Å². The molecule has 1 nitrogen and oxygen atoms in total. The lowest BCUT2D eigenvalue weighted by molar-refractivity contribution is 0.637. The molecule has 0 aliphatic heterocycles. The molecule has 0 fully saturated rings. The maximum atomic E-state index is 14.8. The van der Waals surface area contributed by atoms with E-state index in [1.54, 1.807) is 36.4 Å². The zero-order valence-electron chi connectivity index (χ0n) is 27.0. The largest absolute Gasteiger partial charge is 0.455 e. The lowest BCUT2D eigenvalue weighted by atomic mass is 9.85. The Kier molecular flexibility index (Phi) is 6.58. The number of hydrogen-bond donors (Lipinski definition) is 0. The molecule has 51 heavy (non-hydrogen) atoms. The second-order valence-electron chi connectivity index (χ2n) is 12.9. The molecule has 10 rings (SSSR count). The highest BCUT2D eigenvalue weighted by atomic mass is 32.3. The summed E-state index contributed by atoms with van der Waals surface area (Å²) in [6, 6.07) is 53.6. The molecule has 9 aromatic carbocycles. The molecule has 0 amide bonds. The Morgan fingerprint density at radius 1 is 0.353 bits per heavy atom. The quantitative estimate of drug-likeness (QED) is 0.168. The van der Waals surface area contributed by atoms with Crippen LogP contribution in [-0.2, 0) is 0 Å². The normalized spacial score (nSPS) is 12.5. The first-order valence-electron chi connectivity index (χ1n) is 16.8. The Bertz CT molecular complexity index is 2900. The second-order valence-corrected chi connectivity index (χ2v) is 14.1. The summed E-state index contributed by atoms with van der Waals surface area (Å²) in [5.74, 6) is 0. The number of rotatable bonds is 4. The zero-order chi connectivity index (χ0) is 34.3. The summed E-state index contributed by atoms with van der Waals surface area (Å²) in [4.78, 5) is -0.533. The molecular formula is C46H27F3OS. The van der Waals surface area contributed by atoms with Gasteiger partial charge in [-0.3, -0.25) is 0 Å². The smallest absolute Gasteiger partial charge is 0.238 e. The van der Waals surface area contributed by atoms with Crippen molar-refractivity contribution in [3.8, 4) is 33.4 Å². The third-order valence-corrected chi connectivity index (χ3v) is 11.1. The third-order valence-electron chi connectivity index (χ3n) is 10.2. The van der Waals surface area contributed by atoms with E-state index in [1.165, 1.54) is 5.56 Å². The molecule has 244 valence electrons. The van der Waals surface area contributed by atoms with Gasteiger partial charge in [0.05, 0.1) is 4.90 Å². The Hall–Kier alpha value is -6.04. The molecule has 1 heterocycles. The lowest BCUT2D eigenvalue weighted by Crippen LogP contribution is -1.92. The highest BCUT2D eigenvalue weighted by Gasteiger charge is 2.32. The van der Waals surface area contributed by atoms with Crippen LogP contribution in [-0.4, -0.2) is 0 Å². The third kappa shape index (κ3) is 4.44. The number of furan rings is 1. The topological polar surface area (TPSA) is 13.1 Å². The lowest BCUT2D eigenvalue weighted by Gasteiger charge is -2.20. The van der Waals surface area contributed by atoms with E-state index < -0.39 is 16.1 Å². The van der Waals surface area contributed by atoms with Crippen LogP contribution in [0.1, 0.15) is 0 Å². The molecule has 0 atom stereocenters. The molecule has 0 saturated heterocycles. The number of halogens is 3. The van der Waals surface area contributed by atoms with Gasteiger partial charge in [0.15, 0.2) is 0 Å². The molecule has 10 aromatic rings. The van der Waals surface area contributed by atoms with Crippen LogP contribution in [0.4, 0.5) is 11.7 Å². The molecule has 0 N–H and O–H groups in total. The predicted octanol–water partition coefficient (Wildman–Crippen LogP) is 15.0. The van der Waals surface area contributed by atoms with Crippen molar-refractivity contribution >= 4 is 76.2 Å². The number of benzene rings is 9. The van der Waals surface area contributed by atoms with Crippen LogP contribution in [0, 0.1) is 0 Å². The van der Waals surface area contributed by atoms with E-state index in [4.69, 9.17) is 4.42 Å². The Morgan fingerprint density at radius 3 is 1.31 bits per heavy atom. The van der Waals surface area contributed by atoms with E-state index >= 15 is 0 Å². The fourth-order valence-corrected chi connectivity index (χ4v) is 9.07. The minimum absolute atomic E-state index is 0.207. The van der Waals surface area contributed by atoms with Crippen LogP contribution in [0.5, 0.6) is 0 Å². The number of fused-ring (bicyclic) bond motifs is 7. The number of hydrogen-bond acceptors (Lipinski definition) is 1. The van der Waals surface area contributed by atoms with Crippen molar-refractivity contribution in [2.24, 2.45) is 0 Å². The average molecular weight is 685 g/mol. The van der Waals surface area contributed by atoms with Crippen molar-refractivity contribution < 1.29 is 16.1 Å². The maximum absolute atomic E-state index is 14.8. The zero-order valence-corrected chi connectivity index (χ0v) is 27.9. The van der Waals surface area contributed by atoms with Crippen LogP contribution in [0.15, 0.2) is 173 Å². The summed E-state index contributed by atoms with van der Waals surface area (Å²) in [5, 5.41) is 8.00. The molecule has 0 spiro atoms. The van der Waals surface area contributed by atoms with Crippen LogP contribution < -0.4 is 0 Å². The van der Waals surface area contributed by atoms with Crippen LogP contribution in [0.3, 0.4) is 0 Å². The summed E-state index contributed by atoms with van der Waals surface area (Å²) in [5.41, 5.74) is 7.39. The van der Waals surface area contributed by atoms with E-state index in [0.29, 0.717) is 16.4 Å². The summed E-state index contributed by atoms with van der Waals surface area (Å²) in [7, 11) is 0. The van der Waals surface area contributed by atoms with Crippen LogP contribution in [0.2, 0.25) is 0 Å². The van der Waals surface area contributed by atoms with E-state index in [0.717, 1.165) is 65.7 Å². The average Bonchev–Trinajstić information content (AvgIpc) is 3.55. The highest BCUT2D eigenvalue weighted by Crippen LogP contribution is 2.65. The van der Waals surface area contributed by atoms with Crippen molar-refractivity contribution in [3.63, 3.8) is 0 Å². The fraction of sp³-hybridized carbons (Fsp3) is 0. The Labute approximate surface area is 293 Å². The standard InChI is InChI=1S/C46H27F3OS/c47-51(48,49)46-35-22-10-8-20-33(35)43(34-21-9-11-23-36(34)46)38-25-12-26-39-44-37(24-13-27-40(44)50-45(38)39)42-31-18-6-4-16-29(31)41(28-14-2-1-3-15-28)30-17-5-7-19-32(30)42/h1-27H. The molecule has 1 aromatic heterocycles. The van der Waals surface area contributed by atoms with Crippen molar-refractivity contribution in [1.82, 2.24) is 0 Å².